The molecule has 0 aromatic rings. The largest absolute Gasteiger partial charge is 0.378 e. The molecule has 2 nitrogen and oxygen atoms in total. The van der Waals surface area contributed by atoms with Crippen molar-refractivity contribution in [2.75, 3.05) is 6.61 Å². The van der Waals surface area contributed by atoms with E-state index < -0.39 is 0 Å². The predicted molar refractivity (Wildman–Crippen MR) is 88.5 cm³/mol. The van der Waals surface area contributed by atoms with Crippen LogP contribution < -0.4 is 5.32 Å². The summed E-state index contributed by atoms with van der Waals surface area (Å²) in [5, 5.41) is 4.05. The van der Waals surface area contributed by atoms with Gasteiger partial charge in [0.05, 0.1) is 6.10 Å². The average Bonchev–Trinajstić information content (AvgIpc) is 2.55. The van der Waals surface area contributed by atoms with E-state index in [1.807, 2.05) is 0 Å². The minimum Gasteiger partial charge on any atom is -0.378 e. The lowest BCUT2D eigenvalue weighted by Crippen LogP contribution is -2.66. The molecule has 0 saturated heterocycles. The van der Waals surface area contributed by atoms with Gasteiger partial charge in [-0.2, -0.15) is 0 Å². The molecule has 3 fully saturated rings. The van der Waals surface area contributed by atoms with Gasteiger partial charge in [0.1, 0.15) is 0 Å². The minimum atomic E-state index is 0.483. The fourth-order valence-corrected chi connectivity index (χ4v) is 5.38. The number of hydrogen-bond donors (Lipinski definition) is 1. The second-order valence-corrected chi connectivity index (χ2v) is 7.88. The van der Waals surface area contributed by atoms with Crippen LogP contribution in [0, 0.1) is 11.3 Å². The fourth-order valence-electron chi connectivity index (χ4n) is 5.38. The third-order valence-electron chi connectivity index (χ3n) is 6.76. The summed E-state index contributed by atoms with van der Waals surface area (Å²) in [5.74, 6) is 0.922. The lowest BCUT2D eigenvalue weighted by molar-refractivity contribution is -0.153. The summed E-state index contributed by atoms with van der Waals surface area (Å²) in [6, 6.07) is 1.43. The van der Waals surface area contributed by atoms with Gasteiger partial charge in [0.2, 0.25) is 0 Å². The first-order chi connectivity index (χ1) is 10.3. The van der Waals surface area contributed by atoms with Gasteiger partial charge in [0.15, 0.2) is 0 Å². The number of nitrogens with one attached hydrogen (secondary N) is 1. The normalized spacial score (nSPS) is 34.6. The topological polar surface area (TPSA) is 21.3 Å². The van der Waals surface area contributed by atoms with Gasteiger partial charge in [0.25, 0.3) is 0 Å². The van der Waals surface area contributed by atoms with Crippen molar-refractivity contribution in [1.82, 2.24) is 5.32 Å². The first-order valence-electron chi connectivity index (χ1n) is 9.64. The Morgan fingerprint density at radius 3 is 2.38 bits per heavy atom. The quantitative estimate of drug-likeness (QED) is 0.795. The van der Waals surface area contributed by atoms with Crippen molar-refractivity contribution in [3.63, 3.8) is 0 Å². The molecule has 1 N–H and O–H groups in total. The summed E-state index contributed by atoms with van der Waals surface area (Å²) in [5.41, 5.74) is 0.483. The lowest BCUT2D eigenvalue weighted by Gasteiger charge is -2.59. The molecule has 3 saturated carbocycles. The molecule has 0 radical (unpaired) electrons. The molecule has 0 heterocycles. The summed E-state index contributed by atoms with van der Waals surface area (Å²) >= 11 is 0. The first kappa shape index (κ1) is 15.8. The Hall–Kier alpha value is -0.0800. The predicted octanol–water partition coefficient (Wildman–Crippen LogP) is 4.67. The molecular formula is C19H35NO. The van der Waals surface area contributed by atoms with Crippen LogP contribution in [0.15, 0.2) is 0 Å². The third kappa shape index (κ3) is 3.17. The first-order valence-corrected chi connectivity index (χ1v) is 9.64. The highest BCUT2D eigenvalue weighted by molar-refractivity contribution is 5.09. The lowest BCUT2D eigenvalue weighted by atomic mass is 9.55. The van der Waals surface area contributed by atoms with Crippen LogP contribution in [0.1, 0.15) is 84.5 Å². The van der Waals surface area contributed by atoms with Crippen molar-refractivity contribution in [3.05, 3.63) is 0 Å². The Labute approximate surface area is 131 Å². The van der Waals surface area contributed by atoms with Crippen molar-refractivity contribution in [2.24, 2.45) is 11.3 Å². The van der Waals surface area contributed by atoms with Crippen LogP contribution in [0.25, 0.3) is 0 Å². The molecule has 3 unspecified atom stereocenters. The Morgan fingerprint density at radius 1 is 1.05 bits per heavy atom. The van der Waals surface area contributed by atoms with Gasteiger partial charge in [-0.05, 0) is 51.9 Å². The summed E-state index contributed by atoms with van der Waals surface area (Å²) < 4.78 is 6.09. The minimum absolute atomic E-state index is 0.483. The van der Waals surface area contributed by atoms with E-state index in [2.05, 4.69) is 19.2 Å². The molecule has 0 bridgehead atoms. The highest BCUT2D eigenvalue weighted by Crippen LogP contribution is 2.53. The van der Waals surface area contributed by atoms with Gasteiger partial charge >= 0.3 is 0 Å². The summed E-state index contributed by atoms with van der Waals surface area (Å²) in [7, 11) is 0. The Balaban J connectivity index is 1.59. The molecule has 0 aliphatic heterocycles. The van der Waals surface area contributed by atoms with Gasteiger partial charge in [0, 0.05) is 24.1 Å². The fraction of sp³-hybridized carbons (Fsp3) is 1.00. The van der Waals surface area contributed by atoms with Crippen LogP contribution in [0.5, 0.6) is 0 Å². The van der Waals surface area contributed by atoms with E-state index in [-0.39, 0.29) is 0 Å². The van der Waals surface area contributed by atoms with Crippen LogP contribution in [0.4, 0.5) is 0 Å². The van der Waals surface area contributed by atoms with Gasteiger partial charge in [-0.25, -0.2) is 0 Å². The van der Waals surface area contributed by atoms with Crippen LogP contribution in [0.3, 0.4) is 0 Å². The molecule has 0 aromatic heterocycles. The second kappa shape index (κ2) is 7.00. The van der Waals surface area contributed by atoms with Crippen molar-refractivity contribution in [1.29, 1.82) is 0 Å². The second-order valence-electron chi connectivity index (χ2n) is 7.88. The van der Waals surface area contributed by atoms with Crippen molar-refractivity contribution in [2.45, 2.75) is 103 Å². The molecule has 0 amide bonds. The molecule has 3 aliphatic rings. The molecule has 122 valence electrons. The average molecular weight is 293 g/mol. The molecular weight excluding hydrogens is 258 g/mol. The molecule has 3 rings (SSSR count). The maximum Gasteiger partial charge on any atom is 0.0661 e. The van der Waals surface area contributed by atoms with Crippen LogP contribution in [-0.2, 0) is 4.74 Å². The molecule has 1 spiro atoms. The van der Waals surface area contributed by atoms with E-state index in [1.165, 1.54) is 70.6 Å². The van der Waals surface area contributed by atoms with E-state index >= 15 is 0 Å². The maximum atomic E-state index is 6.09. The van der Waals surface area contributed by atoms with Gasteiger partial charge in [-0.15, -0.1) is 0 Å². The molecule has 2 heteroatoms. The standard InChI is InChI=1S/C19H35NO/c1-3-21-18-14-17(19(18)12-8-5-9-13-19)20-15(2)16-10-6-4-7-11-16/h15-18,20H,3-14H2,1-2H3. The van der Waals surface area contributed by atoms with Crippen molar-refractivity contribution >= 4 is 0 Å². The monoisotopic (exact) mass is 293 g/mol. The molecule has 3 atom stereocenters. The Morgan fingerprint density at radius 2 is 1.71 bits per heavy atom. The smallest absolute Gasteiger partial charge is 0.0661 e. The molecule has 21 heavy (non-hydrogen) atoms. The summed E-state index contributed by atoms with van der Waals surface area (Å²) in [6.45, 7) is 5.49. The Kier molecular flexibility index (Phi) is 5.27. The van der Waals surface area contributed by atoms with E-state index in [0.29, 0.717) is 17.6 Å². The third-order valence-corrected chi connectivity index (χ3v) is 6.76. The van der Waals surface area contributed by atoms with E-state index in [0.717, 1.165) is 18.6 Å². The van der Waals surface area contributed by atoms with E-state index in [1.54, 1.807) is 0 Å². The van der Waals surface area contributed by atoms with Crippen LogP contribution in [-0.4, -0.2) is 24.8 Å². The summed E-state index contributed by atoms with van der Waals surface area (Å²) in [4.78, 5) is 0. The Bertz CT molecular complexity index is 318. The SMILES string of the molecule is CCOC1CC(NC(C)C2CCCCC2)C12CCCCC2. The highest BCUT2D eigenvalue weighted by atomic mass is 16.5. The zero-order valence-corrected chi connectivity index (χ0v) is 14.2. The summed E-state index contributed by atoms with van der Waals surface area (Å²) in [6.07, 6.45) is 16.1. The number of hydrogen-bond acceptors (Lipinski definition) is 2. The maximum absolute atomic E-state index is 6.09. The highest BCUT2D eigenvalue weighted by Gasteiger charge is 2.55. The molecule has 3 aliphatic carbocycles. The number of ether oxygens (including phenoxy) is 1. The van der Waals surface area contributed by atoms with Crippen LogP contribution >= 0.6 is 0 Å². The molecule has 0 aromatic carbocycles. The van der Waals surface area contributed by atoms with Crippen molar-refractivity contribution < 1.29 is 4.74 Å². The zero-order valence-electron chi connectivity index (χ0n) is 14.2. The van der Waals surface area contributed by atoms with Crippen LogP contribution in [0.2, 0.25) is 0 Å². The van der Waals surface area contributed by atoms with Gasteiger partial charge in [-0.1, -0.05) is 38.5 Å². The van der Waals surface area contributed by atoms with Gasteiger partial charge in [-0.3, -0.25) is 0 Å². The zero-order chi connectivity index (χ0) is 14.7. The van der Waals surface area contributed by atoms with E-state index in [9.17, 15) is 0 Å². The van der Waals surface area contributed by atoms with E-state index in [4.69, 9.17) is 4.74 Å². The van der Waals surface area contributed by atoms with Gasteiger partial charge < -0.3 is 10.1 Å². The van der Waals surface area contributed by atoms with Crippen molar-refractivity contribution in [3.8, 4) is 0 Å². The number of rotatable bonds is 5.